The molecule has 0 aromatic heterocycles. The summed E-state index contributed by atoms with van der Waals surface area (Å²) >= 11 is 0. The fourth-order valence-electron chi connectivity index (χ4n) is 0.608. The Kier molecular flexibility index (Phi) is 8.78. The summed E-state index contributed by atoms with van der Waals surface area (Å²) < 4.78 is 35.1. The molecule has 0 spiro atoms. The molecule has 3 nitrogen and oxygen atoms in total. The van der Waals surface area contributed by atoms with Crippen LogP contribution in [0.2, 0.25) is 0 Å². The van der Waals surface area contributed by atoms with E-state index in [1.165, 1.54) is 0 Å². The highest BCUT2D eigenvalue weighted by Crippen LogP contribution is 2.17. The molecule has 0 aromatic rings. The average molecular weight is 337 g/mol. The van der Waals surface area contributed by atoms with Crippen LogP contribution in [0.3, 0.4) is 0 Å². The molecule has 0 fully saturated rings. The van der Waals surface area contributed by atoms with Gasteiger partial charge < -0.3 is 11.1 Å². The van der Waals surface area contributed by atoms with Gasteiger partial charge in [0.05, 0.1) is 13.0 Å². The molecule has 0 aliphatic heterocycles. The van der Waals surface area contributed by atoms with Crippen molar-refractivity contribution >= 4 is 29.9 Å². The number of nitrogens with zero attached hydrogens (tertiary/aromatic N) is 1. The van der Waals surface area contributed by atoms with Gasteiger partial charge in [0.2, 0.25) is 0 Å². The van der Waals surface area contributed by atoms with Gasteiger partial charge in [-0.2, -0.15) is 13.2 Å². The van der Waals surface area contributed by atoms with E-state index in [4.69, 9.17) is 5.73 Å². The Hall–Kier alpha value is -0.470. The first kappa shape index (κ1) is 16.9. The van der Waals surface area contributed by atoms with Crippen molar-refractivity contribution in [1.82, 2.24) is 5.32 Å². The van der Waals surface area contributed by atoms with Crippen molar-refractivity contribution in [2.24, 2.45) is 10.7 Å². The Morgan fingerprint density at radius 1 is 1.47 bits per heavy atom. The SMILES string of the molecule is C=C(C)CN=C(N)NCCC(F)(F)F.I. The summed E-state index contributed by atoms with van der Waals surface area (Å²) in [5, 5.41) is 2.36. The quantitative estimate of drug-likeness (QED) is 0.357. The average Bonchev–Trinajstić information content (AvgIpc) is 1.98. The molecule has 3 N–H and O–H groups in total. The van der Waals surface area contributed by atoms with Crippen LogP contribution in [0.5, 0.6) is 0 Å². The van der Waals surface area contributed by atoms with Crippen molar-refractivity contribution in [3.05, 3.63) is 12.2 Å². The molecule has 0 heterocycles. The Balaban J connectivity index is 0. The van der Waals surface area contributed by atoms with Crippen molar-refractivity contribution in [3.63, 3.8) is 0 Å². The van der Waals surface area contributed by atoms with Gasteiger partial charge in [0.25, 0.3) is 0 Å². The van der Waals surface area contributed by atoms with Crippen LogP contribution in [0.15, 0.2) is 17.1 Å². The third-order valence-electron chi connectivity index (χ3n) is 1.23. The summed E-state index contributed by atoms with van der Waals surface area (Å²) in [4.78, 5) is 3.76. The lowest BCUT2D eigenvalue weighted by atomic mass is 10.4. The number of alkyl halides is 3. The molecule has 0 amide bonds. The van der Waals surface area contributed by atoms with Crippen molar-refractivity contribution in [2.75, 3.05) is 13.1 Å². The van der Waals surface area contributed by atoms with Crippen molar-refractivity contribution in [3.8, 4) is 0 Å². The fourth-order valence-corrected chi connectivity index (χ4v) is 0.608. The number of nitrogens with two attached hydrogens (primary N) is 1. The topological polar surface area (TPSA) is 50.4 Å². The number of rotatable bonds is 4. The Labute approximate surface area is 104 Å². The second-order valence-electron chi connectivity index (χ2n) is 2.95. The molecule has 0 saturated carbocycles. The van der Waals surface area contributed by atoms with Gasteiger partial charge >= 0.3 is 6.18 Å². The lowest BCUT2D eigenvalue weighted by Gasteiger charge is -2.07. The van der Waals surface area contributed by atoms with E-state index in [1.54, 1.807) is 6.92 Å². The second-order valence-corrected chi connectivity index (χ2v) is 2.95. The van der Waals surface area contributed by atoms with Gasteiger partial charge in [-0.25, -0.2) is 4.99 Å². The highest BCUT2D eigenvalue weighted by Gasteiger charge is 2.26. The first-order valence-corrected chi connectivity index (χ1v) is 4.06. The molecule has 0 saturated heterocycles. The van der Waals surface area contributed by atoms with Crippen LogP contribution in [-0.4, -0.2) is 25.2 Å². The highest BCUT2D eigenvalue weighted by atomic mass is 127. The molecule has 90 valence electrons. The largest absolute Gasteiger partial charge is 0.390 e. The Morgan fingerprint density at radius 2 is 2.00 bits per heavy atom. The third-order valence-corrected chi connectivity index (χ3v) is 1.23. The van der Waals surface area contributed by atoms with Crippen molar-refractivity contribution in [1.29, 1.82) is 0 Å². The van der Waals surface area contributed by atoms with Crippen LogP contribution in [0.4, 0.5) is 13.2 Å². The third kappa shape index (κ3) is 13.5. The highest BCUT2D eigenvalue weighted by molar-refractivity contribution is 14.0. The normalized spacial score (nSPS) is 11.9. The van der Waals surface area contributed by atoms with Crippen molar-refractivity contribution < 1.29 is 13.2 Å². The Bertz CT molecular complexity index is 226. The number of aliphatic imine (C=N–C) groups is 1. The van der Waals surface area contributed by atoms with Gasteiger partial charge in [-0.05, 0) is 6.92 Å². The van der Waals surface area contributed by atoms with Gasteiger partial charge in [-0.1, -0.05) is 12.2 Å². The predicted molar refractivity (Wildman–Crippen MR) is 65.4 cm³/mol. The zero-order valence-corrected chi connectivity index (χ0v) is 10.7. The Morgan fingerprint density at radius 3 is 2.40 bits per heavy atom. The molecule has 0 radical (unpaired) electrons. The lowest BCUT2D eigenvalue weighted by Crippen LogP contribution is -2.34. The minimum atomic E-state index is -4.17. The molecule has 0 rings (SSSR count). The van der Waals surface area contributed by atoms with Crippen LogP contribution >= 0.6 is 24.0 Å². The minimum Gasteiger partial charge on any atom is -0.370 e. The molecule has 0 aromatic carbocycles. The van der Waals surface area contributed by atoms with E-state index in [2.05, 4.69) is 16.9 Å². The van der Waals surface area contributed by atoms with E-state index in [9.17, 15) is 13.2 Å². The maximum atomic E-state index is 11.7. The van der Waals surface area contributed by atoms with Crippen LogP contribution in [-0.2, 0) is 0 Å². The summed E-state index contributed by atoms with van der Waals surface area (Å²) in [5.74, 6) is 0.0113. The number of halogens is 4. The van der Waals surface area contributed by atoms with Gasteiger partial charge in [0.1, 0.15) is 0 Å². The zero-order chi connectivity index (χ0) is 11.2. The van der Waals surface area contributed by atoms with Crippen LogP contribution in [0.1, 0.15) is 13.3 Å². The van der Waals surface area contributed by atoms with E-state index in [0.29, 0.717) is 6.54 Å². The molecular formula is C8H15F3IN3. The molecule has 0 bridgehead atoms. The standard InChI is InChI=1S/C8H14F3N3.HI/c1-6(2)5-14-7(12)13-4-3-8(9,10)11;/h1,3-5H2,2H3,(H3,12,13,14);1H. The van der Waals surface area contributed by atoms with Crippen LogP contribution in [0.25, 0.3) is 0 Å². The number of hydrogen-bond donors (Lipinski definition) is 2. The monoisotopic (exact) mass is 337 g/mol. The number of nitrogens with one attached hydrogen (secondary N) is 1. The summed E-state index contributed by atoms with van der Waals surface area (Å²) in [6, 6.07) is 0. The lowest BCUT2D eigenvalue weighted by molar-refractivity contribution is -0.132. The van der Waals surface area contributed by atoms with E-state index >= 15 is 0 Å². The summed E-state index contributed by atoms with van der Waals surface area (Å²) in [6.07, 6.45) is -5.09. The van der Waals surface area contributed by atoms with Gasteiger partial charge in [0.15, 0.2) is 5.96 Å². The van der Waals surface area contributed by atoms with E-state index in [0.717, 1.165) is 5.57 Å². The summed E-state index contributed by atoms with van der Waals surface area (Å²) in [6.45, 7) is 5.40. The van der Waals surface area contributed by atoms with Gasteiger partial charge in [0, 0.05) is 6.54 Å². The van der Waals surface area contributed by atoms with E-state index in [1.807, 2.05) is 0 Å². The first-order chi connectivity index (χ1) is 6.31. The molecule has 0 unspecified atom stereocenters. The first-order valence-electron chi connectivity index (χ1n) is 4.06. The van der Waals surface area contributed by atoms with E-state index in [-0.39, 0.29) is 36.5 Å². The molecule has 0 atom stereocenters. The molecular weight excluding hydrogens is 322 g/mol. The molecule has 0 aliphatic carbocycles. The number of guanidine groups is 1. The van der Waals surface area contributed by atoms with Crippen molar-refractivity contribution in [2.45, 2.75) is 19.5 Å². The second kappa shape index (κ2) is 7.77. The minimum absolute atomic E-state index is 0. The summed E-state index contributed by atoms with van der Waals surface area (Å²) in [5.41, 5.74) is 6.08. The van der Waals surface area contributed by atoms with Gasteiger partial charge in [-0.3, -0.25) is 0 Å². The maximum absolute atomic E-state index is 11.7. The zero-order valence-electron chi connectivity index (χ0n) is 8.40. The van der Waals surface area contributed by atoms with Crippen LogP contribution < -0.4 is 11.1 Å². The summed E-state index contributed by atoms with van der Waals surface area (Å²) in [7, 11) is 0. The van der Waals surface area contributed by atoms with E-state index < -0.39 is 12.6 Å². The van der Waals surface area contributed by atoms with Crippen LogP contribution in [0, 0.1) is 0 Å². The smallest absolute Gasteiger partial charge is 0.370 e. The maximum Gasteiger partial charge on any atom is 0.390 e. The predicted octanol–water partition coefficient (Wildman–Crippen LogP) is 2.04. The molecule has 15 heavy (non-hydrogen) atoms. The fraction of sp³-hybridized carbons (Fsp3) is 0.625. The molecule has 0 aliphatic rings. The van der Waals surface area contributed by atoms with Gasteiger partial charge in [-0.15, -0.1) is 24.0 Å². The number of hydrogen-bond acceptors (Lipinski definition) is 1. The molecule has 7 heteroatoms.